The Morgan fingerprint density at radius 1 is 1.40 bits per heavy atom. The van der Waals surface area contributed by atoms with Crippen molar-refractivity contribution in [2.45, 2.75) is 52.6 Å². The molecule has 15 heavy (non-hydrogen) atoms. The average molecular weight is 231 g/mol. The first kappa shape index (κ1) is 11.7. The van der Waals surface area contributed by atoms with Gasteiger partial charge in [0.1, 0.15) is 0 Å². The van der Waals surface area contributed by atoms with Crippen molar-refractivity contribution in [3.05, 3.63) is 0 Å². The Bertz CT molecular complexity index is 237. The SMILES string of the molecule is CCCC1CC2(CCO1)C(CCl)C2(C)C. The fourth-order valence-corrected chi connectivity index (χ4v) is 4.47. The van der Waals surface area contributed by atoms with Crippen LogP contribution in [0.15, 0.2) is 0 Å². The summed E-state index contributed by atoms with van der Waals surface area (Å²) in [6, 6.07) is 0. The second-order valence-electron chi connectivity index (χ2n) is 5.82. The van der Waals surface area contributed by atoms with E-state index in [2.05, 4.69) is 20.8 Å². The van der Waals surface area contributed by atoms with Crippen molar-refractivity contribution in [2.24, 2.45) is 16.7 Å². The Hall–Kier alpha value is 0.250. The number of rotatable bonds is 3. The fraction of sp³-hybridized carbons (Fsp3) is 1.00. The molecule has 0 aromatic rings. The van der Waals surface area contributed by atoms with Gasteiger partial charge in [-0.1, -0.05) is 27.2 Å². The highest BCUT2D eigenvalue weighted by Gasteiger charge is 2.70. The zero-order chi connectivity index (χ0) is 11.1. The molecule has 0 radical (unpaired) electrons. The molecule has 3 atom stereocenters. The van der Waals surface area contributed by atoms with Crippen LogP contribution in [0.1, 0.15) is 46.5 Å². The first-order chi connectivity index (χ1) is 7.08. The van der Waals surface area contributed by atoms with E-state index in [9.17, 15) is 0 Å². The lowest BCUT2D eigenvalue weighted by molar-refractivity contribution is -0.0318. The van der Waals surface area contributed by atoms with E-state index in [1.807, 2.05) is 0 Å². The largest absolute Gasteiger partial charge is 0.378 e. The summed E-state index contributed by atoms with van der Waals surface area (Å²) in [4.78, 5) is 0. The van der Waals surface area contributed by atoms with Crippen LogP contribution in [0.3, 0.4) is 0 Å². The van der Waals surface area contributed by atoms with E-state index in [4.69, 9.17) is 16.3 Å². The summed E-state index contributed by atoms with van der Waals surface area (Å²) in [7, 11) is 0. The van der Waals surface area contributed by atoms with Gasteiger partial charge < -0.3 is 4.74 Å². The van der Waals surface area contributed by atoms with Gasteiger partial charge in [-0.15, -0.1) is 11.6 Å². The van der Waals surface area contributed by atoms with E-state index in [-0.39, 0.29) is 0 Å². The lowest BCUT2D eigenvalue weighted by Crippen LogP contribution is -2.29. The van der Waals surface area contributed by atoms with Crippen LogP contribution in [0.2, 0.25) is 0 Å². The second-order valence-corrected chi connectivity index (χ2v) is 6.13. The molecule has 1 spiro atoms. The normalized spacial score (nSPS) is 43.2. The van der Waals surface area contributed by atoms with Crippen LogP contribution >= 0.6 is 11.6 Å². The van der Waals surface area contributed by atoms with Crippen LogP contribution in [0.25, 0.3) is 0 Å². The summed E-state index contributed by atoms with van der Waals surface area (Å²) < 4.78 is 5.84. The third-order valence-corrected chi connectivity index (χ3v) is 5.31. The highest BCUT2D eigenvalue weighted by atomic mass is 35.5. The molecular weight excluding hydrogens is 208 g/mol. The molecule has 0 N–H and O–H groups in total. The quantitative estimate of drug-likeness (QED) is 0.670. The first-order valence-corrected chi connectivity index (χ1v) is 6.79. The van der Waals surface area contributed by atoms with E-state index < -0.39 is 0 Å². The Labute approximate surface area is 98.5 Å². The average Bonchev–Trinajstić information content (AvgIpc) is 2.62. The minimum Gasteiger partial charge on any atom is -0.378 e. The molecule has 1 saturated heterocycles. The molecule has 0 aromatic heterocycles. The van der Waals surface area contributed by atoms with Crippen molar-refractivity contribution in [3.63, 3.8) is 0 Å². The number of hydrogen-bond donors (Lipinski definition) is 0. The highest BCUT2D eigenvalue weighted by molar-refractivity contribution is 6.18. The predicted molar refractivity (Wildman–Crippen MR) is 64.3 cm³/mol. The lowest BCUT2D eigenvalue weighted by atomic mass is 9.84. The first-order valence-electron chi connectivity index (χ1n) is 6.26. The number of ether oxygens (including phenoxy) is 1. The van der Waals surface area contributed by atoms with Gasteiger partial charge in [-0.3, -0.25) is 0 Å². The molecule has 0 amide bonds. The maximum absolute atomic E-state index is 6.09. The van der Waals surface area contributed by atoms with Gasteiger partial charge in [-0.2, -0.15) is 0 Å². The minimum atomic E-state index is 0.449. The molecule has 2 heteroatoms. The van der Waals surface area contributed by atoms with E-state index in [0.29, 0.717) is 16.9 Å². The number of hydrogen-bond acceptors (Lipinski definition) is 1. The molecule has 1 nitrogen and oxygen atoms in total. The molecule has 2 fully saturated rings. The topological polar surface area (TPSA) is 9.23 Å². The fourth-order valence-electron chi connectivity index (χ4n) is 3.79. The molecule has 2 rings (SSSR count). The van der Waals surface area contributed by atoms with Gasteiger partial charge in [0.05, 0.1) is 6.10 Å². The number of alkyl halides is 1. The summed E-state index contributed by atoms with van der Waals surface area (Å²) in [5, 5.41) is 0. The molecule has 88 valence electrons. The zero-order valence-electron chi connectivity index (χ0n) is 10.2. The summed E-state index contributed by atoms with van der Waals surface area (Å²) in [5.74, 6) is 1.54. The lowest BCUT2D eigenvalue weighted by Gasteiger charge is -2.32. The van der Waals surface area contributed by atoms with Gasteiger partial charge in [0.25, 0.3) is 0 Å². The molecule has 1 aliphatic heterocycles. The molecule has 0 bridgehead atoms. The summed E-state index contributed by atoms with van der Waals surface area (Å²) in [6.07, 6.45) is 5.40. The predicted octanol–water partition coefficient (Wildman–Crippen LogP) is 3.85. The third-order valence-electron chi connectivity index (χ3n) is 5.00. The van der Waals surface area contributed by atoms with Crippen LogP contribution < -0.4 is 0 Å². The number of halogens is 1. The zero-order valence-corrected chi connectivity index (χ0v) is 10.9. The highest BCUT2D eigenvalue weighted by Crippen LogP contribution is 2.74. The Morgan fingerprint density at radius 2 is 2.13 bits per heavy atom. The van der Waals surface area contributed by atoms with Crippen LogP contribution in [0.5, 0.6) is 0 Å². The smallest absolute Gasteiger partial charge is 0.0580 e. The second kappa shape index (κ2) is 3.92. The minimum absolute atomic E-state index is 0.449. The van der Waals surface area contributed by atoms with E-state index in [1.165, 1.54) is 25.7 Å². The molecule has 1 heterocycles. The molecule has 3 unspecified atom stereocenters. The Morgan fingerprint density at radius 3 is 2.67 bits per heavy atom. The molecule has 2 aliphatic rings. The Kier molecular flexibility index (Phi) is 3.07. The Balaban J connectivity index is 2.04. The van der Waals surface area contributed by atoms with Crippen molar-refractivity contribution in [2.75, 3.05) is 12.5 Å². The van der Waals surface area contributed by atoms with E-state index in [0.717, 1.165) is 18.4 Å². The van der Waals surface area contributed by atoms with Gasteiger partial charge in [-0.25, -0.2) is 0 Å². The van der Waals surface area contributed by atoms with E-state index in [1.54, 1.807) is 0 Å². The summed E-state index contributed by atoms with van der Waals surface area (Å²) in [5.41, 5.74) is 0.956. The van der Waals surface area contributed by atoms with Gasteiger partial charge >= 0.3 is 0 Å². The van der Waals surface area contributed by atoms with Crippen LogP contribution in [0.4, 0.5) is 0 Å². The van der Waals surface area contributed by atoms with Gasteiger partial charge in [-0.05, 0) is 36.0 Å². The standard InChI is InChI=1S/C13H23ClO/c1-4-5-10-8-13(6-7-15-10)11(9-14)12(13,2)3/h10-11H,4-9H2,1-3H3. The van der Waals surface area contributed by atoms with Gasteiger partial charge in [0.2, 0.25) is 0 Å². The van der Waals surface area contributed by atoms with Crippen LogP contribution in [0, 0.1) is 16.7 Å². The monoisotopic (exact) mass is 230 g/mol. The van der Waals surface area contributed by atoms with Crippen LogP contribution in [-0.4, -0.2) is 18.6 Å². The van der Waals surface area contributed by atoms with Crippen molar-refractivity contribution >= 4 is 11.6 Å². The third kappa shape index (κ3) is 1.63. The molecule has 1 aliphatic carbocycles. The maximum atomic E-state index is 6.09. The molecule has 1 saturated carbocycles. The van der Waals surface area contributed by atoms with E-state index >= 15 is 0 Å². The van der Waals surface area contributed by atoms with Crippen molar-refractivity contribution in [1.82, 2.24) is 0 Å². The van der Waals surface area contributed by atoms with Crippen LogP contribution in [-0.2, 0) is 4.74 Å². The maximum Gasteiger partial charge on any atom is 0.0580 e. The molecule has 0 aromatic carbocycles. The van der Waals surface area contributed by atoms with Crippen molar-refractivity contribution in [1.29, 1.82) is 0 Å². The van der Waals surface area contributed by atoms with Gasteiger partial charge in [0, 0.05) is 12.5 Å². The van der Waals surface area contributed by atoms with Gasteiger partial charge in [0.15, 0.2) is 0 Å². The van der Waals surface area contributed by atoms with Crippen molar-refractivity contribution in [3.8, 4) is 0 Å². The molecular formula is C13H23ClO. The van der Waals surface area contributed by atoms with Crippen molar-refractivity contribution < 1.29 is 4.74 Å². The summed E-state index contributed by atoms with van der Waals surface area (Å²) in [6.45, 7) is 7.95. The summed E-state index contributed by atoms with van der Waals surface area (Å²) >= 11 is 6.09.